The highest BCUT2D eigenvalue weighted by molar-refractivity contribution is 7.12. The number of rotatable bonds is 5. The van der Waals surface area contributed by atoms with Gasteiger partial charge in [-0.1, -0.05) is 0 Å². The number of carbonyl (C=O) groups is 1. The fraction of sp³-hybridized carbons (Fsp3) is 0.500. The van der Waals surface area contributed by atoms with Crippen molar-refractivity contribution in [2.24, 2.45) is 0 Å². The average molecular weight is 510 g/mol. The third-order valence-corrected chi connectivity index (χ3v) is 7.91. The largest absolute Gasteiger partial charge is 0.493 e. The molecule has 2 aromatic heterocycles. The van der Waals surface area contributed by atoms with Crippen LogP contribution in [0.4, 0.5) is 0 Å². The Labute approximate surface area is 217 Å². The maximum atomic E-state index is 14.0. The van der Waals surface area contributed by atoms with Crippen LogP contribution in [0, 0.1) is 13.8 Å². The van der Waals surface area contributed by atoms with Crippen LogP contribution in [0.2, 0.25) is 0 Å². The van der Waals surface area contributed by atoms with Gasteiger partial charge in [0.1, 0.15) is 5.82 Å². The molecule has 1 amide bonds. The highest BCUT2D eigenvalue weighted by atomic mass is 32.1. The number of methoxy groups -OCH3 is 1. The van der Waals surface area contributed by atoms with E-state index in [0.717, 1.165) is 46.9 Å². The standard InChI is InChI=1S/C28H35N3O4S/c1-16(2)35-24-14-22-19(13-23(24)33-7)8-9-21-25(27(32)30-10-11-34-15-28(30,5)6)29-26(31(21)22)20-12-17(3)36-18(20)4/h12-14,16H,8-11,15H2,1-7H3. The van der Waals surface area contributed by atoms with Crippen molar-refractivity contribution < 1.29 is 19.0 Å². The molecule has 3 aromatic rings. The molecule has 8 heteroatoms. The SMILES string of the molecule is COc1cc2c(cc1OC(C)C)-n1c(-c3cc(C)sc3C)nc(C(=O)N3CCOCC3(C)C)c1CC2. The molecule has 0 bridgehead atoms. The number of aryl methyl sites for hydroxylation is 3. The van der Waals surface area contributed by atoms with Crippen LogP contribution in [0.1, 0.15) is 59.2 Å². The summed E-state index contributed by atoms with van der Waals surface area (Å²) in [5.74, 6) is 2.20. The monoisotopic (exact) mass is 509 g/mol. The van der Waals surface area contributed by atoms with Gasteiger partial charge >= 0.3 is 0 Å². The molecule has 2 aliphatic rings. The molecule has 0 spiro atoms. The number of hydrogen-bond donors (Lipinski definition) is 0. The van der Waals surface area contributed by atoms with E-state index in [1.165, 1.54) is 9.75 Å². The first-order valence-electron chi connectivity index (χ1n) is 12.6. The summed E-state index contributed by atoms with van der Waals surface area (Å²) in [6, 6.07) is 6.29. The second kappa shape index (κ2) is 9.23. The Kier molecular flexibility index (Phi) is 6.37. The van der Waals surface area contributed by atoms with Gasteiger partial charge < -0.3 is 19.1 Å². The number of hydrogen-bond acceptors (Lipinski definition) is 6. The molecule has 4 heterocycles. The fourth-order valence-corrected chi connectivity index (χ4v) is 6.19. The number of amides is 1. The lowest BCUT2D eigenvalue weighted by atomic mass is 9.98. The van der Waals surface area contributed by atoms with E-state index in [1.54, 1.807) is 18.4 Å². The molecule has 0 atom stereocenters. The molecular formula is C28H35N3O4S. The molecule has 0 N–H and O–H groups in total. The quantitative estimate of drug-likeness (QED) is 0.463. The van der Waals surface area contributed by atoms with E-state index in [2.05, 4.69) is 44.4 Å². The summed E-state index contributed by atoms with van der Waals surface area (Å²) in [4.78, 5) is 23.4. The van der Waals surface area contributed by atoms with Crippen molar-refractivity contribution in [3.8, 4) is 28.6 Å². The molecule has 0 unspecified atom stereocenters. The van der Waals surface area contributed by atoms with E-state index in [4.69, 9.17) is 19.2 Å². The summed E-state index contributed by atoms with van der Waals surface area (Å²) < 4.78 is 19.6. The Bertz CT molecular complexity index is 1320. The normalized spacial score (nSPS) is 16.6. The summed E-state index contributed by atoms with van der Waals surface area (Å²) in [6.45, 7) is 14.0. The molecule has 7 nitrogen and oxygen atoms in total. The number of carbonyl (C=O) groups excluding carboxylic acids is 1. The van der Waals surface area contributed by atoms with Gasteiger partial charge in [0.15, 0.2) is 17.2 Å². The predicted octanol–water partition coefficient (Wildman–Crippen LogP) is 5.36. The number of fused-ring (bicyclic) bond motifs is 3. The molecule has 1 saturated heterocycles. The molecule has 1 fully saturated rings. The fourth-order valence-electron chi connectivity index (χ4n) is 5.27. The first-order valence-corrected chi connectivity index (χ1v) is 13.4. The van der Waals surface area contributed by atoms with Crippen molar-refractivity contribution in [1.29, 1.82) is 0 Å². The molecule has 2 aliphatic heterocycles. The number of imidazole rings is 1. The van der Waals surface area contributed by atoms with Crippen molar-refractivity contribution >= 4 is 17.2 Å². The van der Waals surface area contributed by atoms with E-state index in [-0.39, 0.29) is 17.6 Å². The van der Waals surface area contributed by atoms with Crippen LogP contribution in [0.15, 0.2) is 18.2 Å². The zero-order valence-corrected chi connectivity index (χ0v) is 23.0. The topological polar surface area (TPSA) is 65.8 Å². The van der Waals surface area contributed by atoms with Gasteiger partial charge in [0.2, 0.25) is 0 Å². The van der Waals surface area contributed by atoms with Gasteiger partial charge in [0.05, 0.1) is 43.3 Å². The highest BCUT2D eigenvalue weighted by Gasteiger charge is 2.38. The number of thiophene rings is 1. The lowest BCUT2D eigenvalue weighted by Crippen LogP contribution is -2.55. The molecule has 192 valence electrons. The third kappa shape index (κ3) is 4.20. The first-order chi connectivity index (χ1) is 17.1. The van der Waals surface area contributed by atoms with Gasteiger partial charge in [-0.25, -0.2) is 4.98 Å². The van der Waals surface area contributed by atoms with E-state index in [9.17, 15) is 4.79 Å². The van der Waals surface area contributed by atoms with Gasteiger partial charge in [-0.05, 0) is 72.1 Å². The van der Waals surface area contributed by atoms with Gasteiger partial charge in [0.25, 0.3) is 5.91 Å². The number of morpholine rings is 1. The maximum absolute atomic E-state index is 14.0. The third-order valence-electron chi connectivity index (χ3n) is 6.95. The van der Waals surface area contributed by atoms with E-state index in [0.29, 0.717) is 31.2 Å². The molecule has 0 saturated carbocycles. The van der Waals surface area contributed by atoms with Gasteiger partial charge in [-0.15, -0.1) is 11.3 Å². The smallest absolute Gasteiger partial charge is 0.274 e. The minimum absolute atomic E-state index is 0.00438. The molecule has 0 radical (unpaired) electrons. The summed E-state index contributed by atoms with van der Waals surface area (Å²) in [5, 5.41) is 0. The summed E-state index contributed by atoms with van der Waals surface area (Å²) >= 11 is 1.75. The number of nitrogens with zero attached hydrogens (tertiary/aromatic N) is 3. The lowest BCUT2D eigenvalue weighted by molar-refractivity contribution is -0.0373. The average Bonchev–Trinajstić information content (AvgIpc) is 3.36. The molecular weight excluding hydrogens is 474 g/mol. The van der Waals surface area contributed by atoms with E-state index >= 15 is 0 Å². The number of benzene rings is 1. The van der Waals surface area contributed by atoms with Gasteiger partial charge in [-0.3, -0.25) is 9.36 Å². The Morgan fingerprint density at radius 1 is 1.17 bits per heavy atom. The van der Waals surface area contributed by atoms with Gasteiger partial charge in [0, 0.05) is 27.9 Å². The van der Waals surface area contributed by atoms with Crippen molar-refractivity contribution in [2.45, 2.75) is 66.0 Å². The Balaban J connectivity index is 1.73. The minimum atomic E-state index is -0.390. The van der Waals surface area contributed by atoms with Crippen LogP contribution < -0.4 is 9.47 Å². The molecule has 1 aromatic carbocycles. The van der Waals surface area contributed by atoms with Crippen LogP contribution in [0.25, 0.3) is 17.1 Å². The van der Waals surface area contributed by atoms with Crippen LogP contribution in [0.5, 0.6) is 11.5 Å². The van der Waals surface area contributed by atoms with Gasteiger partial charge in [-0.2, -0.15) is 0 Å². The summed E-state index contributed by atoms with van der Waals surface area (Å²) in [5.41, 5.74) is 4.32. The van der Waals surface area contributed by atoms with Crippen molar-refractivity contribution in [3.63, 3.8) is 0 Å². The number of aromatic nitrogens is 2. The maximum Gasteiger partial charge on any atom is 0.274 e. The Morgan fingerprint density at radius 3 is 2.58 bits per heavy atom. The van der Waals surface area contributed by atoms with Crippen molar-refractivity contribution in [1.82, 2.24) is 14.5 Å². The van der Waals surface area contributed by atoms with Crippen LogP contribution >= 0.6 is 11.3 Å². The Morgan fingerprint density at radius 2 is 1.94 bits per heavy atom. The highest BCUT2D eigenvalue weighted by Crippen LogP contribution is 2.41. The minimum Gasteiger partial charge on any atom is -0.493 e. The van der Waals surface area contributed by atoms with Crippen LogP contribution in [-0.4, -0.2) is 58.9 Å². The summed E-state index contributed by atoms with van der Waals surface area (Å²) in [6.07, 6.45) is 1.53. The number of ether oxygens (including phenoxy) is 3. The molecule has 36 heavy (non-hydrogen) atoms. The van der Waals surface area contributed by atoms with Crippen LogP contribution in [0.3, 0.4) is 0 Å². The van der Waals surface area contributed by atoms with E-state index in [1.807, 2.05) is 24.8 Å². The Hall–Kier alpha value is -2.84. The van der Waals surface area contributed by atoms with E-state index < -0.39 is 0 Å². The predicted molar refractivity (Wildman–Crippen MR) is 142 cm³/mol. The first kappa shape index (κ1) is 24.8. The second-order valence-corrected chi connectivity index (χ2v) is 12.0. The zero-order valence-electron chi connectivity index (χ0n) is 22.2. The summed E-state index contributed by atoms with van der Waals surface area (Å²) in [7, 11) is 1.67. The van der Waals surface area contributed by atoms with Crippen molar-refractivity contribution in [2.75, 3.05) is 26.9 Å². The lowest BCUT2D eigenvalue weighted by Gasteiger charge is -2.41. The molecule has 5 rings (SSSR count). The van der Waals surface area contributed by atoms with Crippen molar-refractivity contribution in [3.05, 3.63) is 44.9 Å². The second-order valence-electron chi connectivity index (χ2n) is 10.5. The zero-order chi connectivity index (χ0) is 25.8. The van der Waals surface area contributed by atoms with Crippen LogP contribution in [-0.2, 0) is 17.6 Å². The molecule has 0 aliphatic carbocycles.